The average molecular weight is 286 g/mol. The Bertz CT molecular complexity index is 273. The highest BCUT2D eigenvalue weighted by Gasteiger charge is 2.31. The van der Waals surface area contributed by atoms with Crippen LogP contribution in [0.15, 0.2) is 0 Å². The van der Waals surface area contributed by atoms with E-state index in [2.05, 4.69) is 46.9 Å². The molecule has 0 bridgehead atoms. The summed E-state index contributed by atoms with van der Waals surface area (Å²) in [6, 6.07) is 0. The molecule has 3 N–H and O–H groups in total. The van der Waals surface area contributed by atoms with Crippen molar-refractivity contribution >= 4 is 0 Å². The lowest BCUT2D eigenvalue weighted by Gasteiger charge is -2.37. The molecule has 0 unspecified atom stereocenters. The maximum absolute atomic E-state index is 10.1. The Morgan fingerprint density at radius 2 is 1.90 bits per heavy atom. The standard InChI is InChI=1S/C17H35NO2/c1-12(2)15-8-7-13(3)9-16(15)20-11-14(19)10-18-17(4,5)6/h12-16,18-19H,7-11H2,1-6H3/p+1/t13-,14+,15-,16+/m0/s1. The van der Waals surface area contributed by atoms with E-state index >= 15 is 0 Å². The Morgan fingerprint density at radius 3 is 2.45 bits per heavy atom. The van der Waals surface area contributed by atoms with Gasteiger partial charge in [-0.1, -0.05) is 27.2 Å². The highest BCUT2D eigenvalue weighted by Crippen LogP contribution is 2.35. The van der Waals surface area contributed by atoms with E-state index in [9.17, 15) is 5.11 Å². The summed E-state index contributed by atoms with van der Waals surface area (Å²) in [6.07, 6.45) is 3.72. The molecule has 1 aliphatic rings. The number of quaternary nitrogens is 1. The second-order valence-corrected chi connectivity index (χ2v) is 8.16. The van der Waals surface area contributed by atoms with Crippen LogP contribution in [0.4, 0.5) is 0 Å². The lowest BCUT2D eigenvalue weighted by molar-refractivity contribution is -0.722. The predicted octanol–water partition coefficient (Wildman–Crippen LogP) is 2.19. The number of aliphatic hydroxyl groups excluding tert-OH is 1. The van der Waals surface area contributed by atoms with Crippen LogP contribution in [0.25, 0.3) is 0 Å². The van der Waals surface area contributed by atoms with Crippen LogP contribution in [-0.4, -0.2) is 36.0 Å². The summed E-state index contributed by atoms with van der Waals surface area (Å²) < 4.78 is 6.08. The van der Waals surface area contributed by atoms with Gasteiger partial charge in [-0.25, -0.2) is 0 Å². The van der Waals surface area contributed by atoms with Crippen LogP contribution in [0.5, 0.6) is 0 Å². The van der Waals surface area contributed by atoms with Gasteiger partial charge < -0.3 is 15.2 Å². The van der Waals surface area contributed by atoms with E-state index in [4.69, 9.17) is 4.74 Å². The molecule has 0 aromatic carbocycles. The monoisotopic (exact) mass is 286 g/mol. The average Bonchev–Trinajstić information content (AvgIpc) is 2.32. The smallest absolute Gasteiger partial charge is 0.126 e. The number of aliphatic hydroxyl groups is 1. The van der Waals surface area contributed by atoms with Crippen LogP contribution in [0.2, 0.25) is 0 Å². The number of ether oxygens (including phenoxy) is 1. The lowest BCUT2D eigenvalue weighted by atomic mass is 9.75. The van der Waals surface area contributed by atoms with Crippen LogP contribution >= 0.6 is 0 Å². The quantitative estimate of drug-likeness (QED) is 0.786. The van der Waals surface area contributed by atoms with Gasteiger partial charge in [0.15, 0.2) is 0 Å². The molecule has 4 atom stereocenters. The first-order valence-electron chi connectivity index (χ1n) is 8.33. The number of hydrogen-bond acceptors (Lipinski definition) is 2. The van der Waals surface area contributed by atoms with Crippen molar-refractivity contribution in [2.24, 2.45) is 17.8 Å². The third-order valence-electron chi connectivity index (χ3n) is 4.47. The maximum Gasteiger partial charge on any atom is 0.126 e. The fourth-order valence-corrected chi connectivity index (χ4v) is 3.10. The Balaban J connectivity index is 2.37. The highest BCUT2D eigenvalue weighted by atomic mass is 16.5. The van der Waals surface area contributed by atoms with Crippen molar-refractivity contribution in [3.63, 3.8) is 0 Å². The first kappa shape index (κ1) is 17.9. The van der Waals surface area contributed by atoms with Gasteiger partial charge in [0.1, 0.15) is 12.6 Å². The zero-order chi connectivity index (χ0) is 15.3. The van der Waals surface area contributed by atoms with Gasteiger partial charge in [0.25, 0.3) is 0 Å². The summed E-state index contributed by atoms with van der Waals surface area (Å²) in [6.45, 7) is 14.6. The summed E-state index contributed by atoms with van der Waals surface area (Å²) in [5, 5.41) is 12.3. The van der Waals surface area contributed by atoms with Crippen LogP contribution in [0.3, 0.4) is 0 Å². The van der Waals surface area contributed by atoms with Crippen molar-refractivity contribution in [3.05, 3.63) is 0 Å². The van der Waals surface area contributed by atoms with Crippen molar-refractivity contribution in [2.45, 2.75) is 78.6 Å². The molecule has 1 saturated carbocycles. The second-order valence-electron chi connectivity index (χ2n) is 8.16. The van der Waals surface area contributed by atoms with Crippen LogP contribution in [0, 0.1) is 17.8 Å². The third kappa shape index (κ3) is 6.55. The molecule has 0 heterocycles. The minimum atomic E-state index is -0.362. The normalized spacial score (nSPS) is 29.7. The van der Waals surface area contributed by atoms with E-state index in [1.165, 1.54) is 12.8 Å². The van der Waals surface area contributed by atoms with E-state index in [-0.39, 0.29) is 11.6 Å². The molecule has 0 spiro atoms. The summed E-state index contributed by atoms with van der Waals surface area (Å²) >= 11 is 0. The molecule has 0 saturated heterocycles. The summed E-state index contributed by atoms with van der Waals surface area (Å²) in [7, 11) is 0. The fraction of sp³-hybridized carbons (Fsp3) is 1.00. The lowest BCUT2D eigenvalue weighted by Crippen LogP contribution is -2.96. The van der Waals surface area contributed by atoms with Gasteiger partial charge >= 0.3 is 0 Å². The van der Waals surface area contributed by atoms with E-state index in [1.807, 2.05) is 0 Å². The molecule has 3 heteroatoms. The third-order valence-corrected chi connectivity index (χ3v) is 4.47. The van der Waals surface area contributed by atoms with E-state index in [0.29, 0.717) is 24.5 Å². The first-order chi connectivity index (χ1) is 9.19. The van der Waals surface area contributed by atoms with Gasteiger partial charge in [-0.15, -0.1) is 0 Å². The molecule has 3 nitrogen and oxygen atoms in total. The summed E-state index contributed by atoms with van der Waals surface area (Å²) in [5.74, 6) is 2.09. The SMILES string of the molecule is CC(C)[C@@H]1CC[C@H](C)C[C@H]1OC[C@H](O)C[NH2+]C(C)(C)C. The molecule has 120 valence electrons. The van der Waals surface area contributed by atoms with Crippen molar-refractivity contribution < 1.29 is 15.2 Å². The van der Waals surface area contributed by atoms with Gasteiger partial charge in [-0.2, -0.15) is 0 Å². The van der Waals surface area contributed by atoms with Crippen molar-refractivity contribution in [2.75, 3.05) is 13.2 Å². The van der Waals surface area contributed by atoms with Gasteiger partial charge in [-0.3, -0.25) is 0 Å². The van der Waals surface area contributed by atoms with Crippen molar-refractivity contribution in [3.8, 4) is 0 Å². The predicted molar refractivity (Wildman–Crippen MR) is 83.6 cm³/mol. The summed E-state index contributed by atoms with van der Waals surface area (Å²) in [4.78, 5) is 0. The van der Waals surface area contributed by atoms with Crippen molar-refractivity contribution in [1.29, 1.82) is 0 Å². The molecule has 20 heavy (non-hydrogen) atoms. The second kappa shape index (κ2) is 7.77. The van der Waals surface area contributed by atoms with Gasteiger partial charge in [-0.05, 0) is 51.4 Å². The zero-order valence-electron chi connectivity index (χ0n) is 14.4. The molecule has 1 fully saturated rings. The summed E-state index contributed by atoms with van der Waals surface area (Å²) in [5.41, 5.74) is 0.167. The Labute approximate surface area is 125 Å². The molecule has 0 amide bonds. The minimum absolute atomic E-state index is 0.167. The fourth-order valence-electron chi connectivity index (χ4n) is 3.10. The van der Waals surface area contributed by atoms with Gasteiger partial charge in [0.05, 0.1) is 18.2 Å². The molecular weight excluding hydrogens is 250 g/mol. The van der Waals surface area contributed by atoms with E-state index in [1.54, 1.807) is 0 Å². The van der Waals surface area contributed by atoms with E-state index < -0.39 is 0 Å². The molecular formula is C17H36NO2+. The Morgan fingerprint density at radius 1 is 1.25 bits per heavy atom. The highest BCUT2D eigenvalue weighted by molar-refractivity contribution is 4.81. The van der Waals surface area contributed by atoms with E-state index in [0.717, 1.165) is 18.9 Å². The topological polar surface area (TPSA) is 46.1 Å². The van der Waals surface area contributed by atoms with Crippen LogP contribution in [0.1, 0.15) is 60.8 Å². The van der Waals surface area contributed by atoms with Crippen LogP contribution < -0.4 is 5.32 Å². The molecule has 0 aliphatic heterocycles. The molecule has 0 radical (unpaired) electrons. The molecule has 1 aliphatic carbocycles. The number of rotatable bonds is 6. The van der Waals surface area contributed by atoms with Crippen molar-refractivity contribution in [1.82, 2.24) is 0 Å². The van der Waals surface area contributed by atoms with Gasteiger partial charge in [0, 0.05) is 0 Å². The number of hydrogen-bond donors (Lipinski definition) is 2. The molecule has 0 aromatic heterocycles. The maximum atomic E-state index is 10.1. The largest absolute Gasteiger partial charge is 0.385 e. The zero-order valence-corrected chi connectivity index (χ0v) is 14.4. The van der Waals surface area contributed by atoms with Gasteiger partial charge in [0.2, 0.25) is 0 Å². The Hall–Kier alpha value is -0.120. The minimum Gasteiger partial charge on any atom is -0.385 e. The number of nitrogens with two attached hydrogens (primary N) is 1. The molecule has 1 rings (SSSR count). The van der Waals surface area contributed by atoms with Crippen LogP contribution in [-0.2, 0) is 4.74 Å². The first-order valence-corrected chi connectivity index (χ1v) is 8.33. The molecule has 0 aromatic rings. The Kier molecular flexibility index (Phi) is 6.96.